The van der Waals surface area contributed by atoms with Crippen LogP contribution in [0.3, 0.4) is 0 Å². The van der Waals surface area contributed by atoms with Crippen LogP contribution in [-0.4, -0.2) is 19.5 Å². The Balaban J connectivity index is 0.00000433. The molecular formula is C58H37N5Pt-2. The van der Waals surface area contributed by atoms with Crippen molar-refractivity contribution in [1.29, 1.82) is 0 Å². The van der Waals surface area contributed by atoms with Crippen molar-refractivity contribution in [2.45, 2.75) is 16.4 Å². The normalized spacial score (nSPS) is 14.9. The summed E-state index contributed by atoms with van der Waals surface area (Å²) in [6, 6.07) is 67.0. The zero-order chi connectivity index (χ0) is 41.8. The Hall–Kier alpha value is -7.33. The molecule has 0 N–H and O–H groups in total. The van der Waals surface area contributed by atoms with E-state index < -0.39 is 16.4 Å². The molecular weight excluding hydrogens is 962 g/mol. The van der Waals surface area contributed by atoms with Gasteiger partial charge in [-0.05, 0) is 80.2 Å². The molecule has 0 saturated heterocycles. The van der Waals surface area contributed by atoms with Crippen LogP contribution in [0.1, 0.15) is 61.3 Å². The second-order valence-corrected chi connectivity index (χ2v) is 16.8. The fourth-order valence-corrected chi connectivity index (χ4v) is 11.5. The minimum absolute atomic E-state index is 0. The number of aryl methyl sites for hydroxylation is 1. The van der Waals surface area contributed by atoms with Crippen molar-refractivity contribution in [3.8, 4) is 33.4 Å². The first kappa shape index (κ1) is 38.4. The Morgan fingerprint density at radius 1 is 0.438 bits per heavy atom. The SMILES string of the molecule is C[n+]1[c-]n(C2(c3[c-]c(C4(c5[c-]c(C6(c7ccccn7)c7ccccc7-c7ccccc76)cnc5)c5ccccc5-c5ccccc54)cnc3)c3ccccc3-c3ccccc32)cc1.[Pt]. The largest absolute Gasteiger partial charge is 0.390 e. The smallest absolute Gasteiger partial charge is 0.204 e. The van der Waals surface area contributed by atoms with Crippen molar-refractivity contribution in [3.05, 3.63) is 287 Å². The van der Waals surface area contributed by atoms with Gasteiger partial charge in [-0.2, -0.15) is 12.1 Å². The van der Waals surface area contributed by atoms with Gasteiger partial charge in [-0.15, -0.1) is 16.7 Å². The number of benzene rings is 6. The summed E-state index contributed by atoms with van der Waals surface area (Å²) in [5.74, 6) is 0. The predicted octanol–water partition coefficient (Wildman–Crippen LogP) is 10.4. The quantitative estimate of drug-likeness (QED) is 0.123. The van der Waals surface area contributed by atoms with E-state index in [1.165, 1.54) is 33.4 Å². The molecule has 0 bridgehead atoms. The zero-order valence-corrected chi connectivity index (χ0v) is 37.0. The maximum Gasteiger partial charge on any atom is 0.204 e. The number of pyridine rings is 3. The van der Waals surface area contributed by atoms with Gasteiger partial charge in [0.15, 0.2) is 0 Å². The fraction of sp³-hybridized carbons (Fsp3) is 0.0690. The summed E-state index contributed by atoms with van der Waals surface area (Å²) in [6.45, 7) is 0. The minimum Gasteiger partial charge on any atom is -0.390 e. The average Bonchev–Trinajstić information content (AvgIpc) is 4.09. The second-order valence-electron chi connectivity index (χ2n) is 16.8. The zero-order valence-electron chi connectivity index (χ0n) is 34.7. The molecule has 5 nitrogen and oxygen atoms in total. The summed E-state index contributed by atoms with van der Waals surface area (Å²) >= 11 is 0. The molecule has 306 valence electrons. The first-order valence-corrected chi connectivity index (χ1v) is 21.4. The summed E-state index contributed by atoms with van der Waals surface area (Å²) in [7, 11) is 2.02. The molecule has 4 heterocycles. The third-order valence-corrected chi connectivity index (χ3v) is 13.9. The molecule has 0 spiro atoms. The van der Waals surface area contributed by atoms with Crippen LogP contribution in [0.4, 0.5) is 0 Å². The van der Waals surface area contributed by atoms with Gasteiger partial charge in [0.05, 0.1) is 18.2 Å². The van der Waals surface area contributed by atoms with E-state index in [2.05, 4.69) is 193 Å². The van der Waals surface area contributed by atoms with Gasteiger partial charge in [0.2, 0.25) is 6.33 Å². The predicted molar refractivity (Wildman–Crippen MR) is 244 cm³/mol. The number of fused-ring (bicyclic) bond motifs is 9. The van der Waals surface area contributed by atoms with Crippen LogP contribution >= 0.6 is 0 Å². The average molecular weight is 999 g/mol. The van der Waals surface area contributed by atoms with Crippen molar-refractivity contribution in [1.82, 2.24) is 19.5 Å². The molecule has 4 aromatic heterocycles. The topological polar surface area (TPSA) is 47.5 Å². The molecule has 13 rings (SSSR count). The van der Waals surface area contributed by atoms with Crippen molar-refractivity contribution in [3.63, 3.8) is 0 Å². The molecule has 64 heavy (non-hydrogen) atoms. The third kappa shape index (κ3) is 4.88. The molecule has 3 aliphatic rings. The van der Waals surface area contributed by atoms with E-state index in [9.17, 15) is 0 Å². The Morgan fingerprint density at radius 2 is 0.812 bits per heavy atom. The number of imidazole rings is 1. The second kappa shape index (κ2) is 14.4. The molecule has 0 amide bonds. The van der Waals surface area contributed by atoms with Gasteiger partial charge >= 0.3 is 0 Å². The van der Waals surface area contributed by atoms with E-state index in [4.69, 9.17) is 15.0 Å². The Labute approximate surface area is 386 Å². The van der Waals surface area contributed by atoms with E-state index in [0.29, 0.717) is 0 Å². The summed E-state index contributed by atoms with van der Waals surface area (Å²) in [6.07, 6.45) is 17.7. The van der Waals surface area contributed by atoms with Crippen LogP contribution in [-0.2, 0) is 44.5 Å². The van der Waals surface area contributed by atoms with E-state index in [1.807, 2.05) is 48.7 Å². The summed E-state index contributed by atoms with van der Waals surface area (Å²) in [5.41, 5.74) is 16.0. The monoisotopic (exact) mass is 998 g/mol. The van der Waals surface area contributed by atoms with Gasteiger partial charge in [0.1, 0.15) is 5.54 Å². The van der Waals surface area contributed by atoms with Crippen molar-refractivity contribution < 1.29 is 25.6 Å². The number of hydrogen-bond donors (Lipinski definition) is 0. The van der Waals surface area contributed by atoms with Gasteiger partial charge in [0.25, 0.3) is 0 Å². The third-order valence-electron chi connectivity index (χ3n) is 13.9. The van der Waals surface area contributed by atoms with Crippen molar-refractivity contribution >= 4 is 0 Å². The summed E-state index contributed by atoms with van der Waals surface area (Å²) in [4.78, 5) is 15.6. The van der Waals surface area contributed by atoms with E-state index in [-0.39, 0.29) is 21.1 Å². The number of aromatic nitrogens is 5. The first-order valence-electron chi connectivity index (χ1n) is 21.4. The molecule has 0 unspecified atom stereocenters. The Kier molecular flexibility index (Phi) is 8.60. The van der Waals surface area contributed by atoms with Crippen LogP contribution in [0.5, 0.6) is 0 Å². The molecule has 6 heteroatoms. The van der Waals surface area contributed by atoms with Crippen LogP contribution in [0, 0.1) is 18.5 Å². The Morgan fingerprint density at radius 3 is 1.25 bits per heavy atom. The van der Waals surface area contributed by atoms with Crippen molar-refractivity contribution in [2.24, 2.45) is 7.05 Å². The fourth-order valence-electron chi connectivity index (χ4n) is 11.5. The molecule has 0 fully saturated rings. The van der Waals surface area contributed by atoms with Crippen LogP contribution in [0.2, 0.25) is 0 Å². The van der Waals surface area contributed by atoms with Crippen LogP contribution in [0.25, 0.3) is 33.4 Å². The van der Waals surface area contributed by atoms with E-state index in [1.54, 1.807) is 0 Å². The van der Waals surface area contributed by atoms with Gasteiger partial charge in [-0.1, -0.05) is 182 Å². The molecule has 0 aliphatic heterocycles. The molecule has 6 aromatic carbocycles. The first-order chi connectivity index (χ1) is 31.2. The minimum atomic E-state index is -0.911. The summed E-state index contributed by atoms with van der Waals surface area (Å²) < 4.78 is 4.19. The van der Waals surface area contributed by atoms with Gasteiger partial charge in [-0.25, -0.2) is 0 Å². The van der Waals surface area contributed by atoms with Gasteiger partial charge < -0.3 is 19.1 Å². The molecule has 0 atom stereocenters. The van der Waals surface area contributed by atoms with Crippen LogP contribution < -0.4 is 4.57 Å². The number of rotatable bonds is 6. The molecule has 0 radical (unpaired) electrons. The maximum absolute atomic E-state index is 5.22. The van der Waals surface area contributed by atoms with Crippen molar-refractivity contribution in [2.75, 3.05) is 0 Å². The number of hydrogen-bond acceptors (Lipinski definition) is 3. The van der Waals surface area contributed by atoms with E-state index in [0.717, 1.165) is 61.3 Å². The molecule has 10 aromatic rings. The number of nitrogens with zero attached hydrogens (tertiary/aromatic N) is 5. The van der Waals surface area contributed by atoms with Crippen LogP contribution in [0.15, 0.2) is 207 Å². The Bertz CT molecular complexity index is 3330. The molecule has 0 saturated carbocycles. The molecule has 3 aliphatic carbocycles. The van der Waals surface area contributed by atoms with E-state index >= 15 is 0 Å². The summed E-state index contributed by atoms with van der Waals surface area (Å²) in [5, 5.41) is 0. The standard InChI is InChI=1S/C58H37N5.Pt/c1-62-30-31-63(38-62)58(53-26-12-6-20-47(53)48-21-7-13-27-54(48)58)42-33-40(35-60-37-42)56(49-22-8-2-16-43(49)44-17-3-9-23-50(44)56)39-32-41(36-59-34-39)57(55-28-14-15-29-61-55)51-24-10-4-18-45(51)46-19-5-11-25-52(46)57;/h2-31,34-37H,1H3;/q-2;. The van der Waals surface area contributed by atoms with Gasteiger partial charge in [0, 0.05) is 43.8 Å². The maximum atomic E-state index is 5.22. The van der Waals surface area contributed by atoms with Gasteiger partial charge in [-0.3, -0.25) is 4.98 Å².